The molecule has 31 heavy (non-hydrogen) atoms. The van der Waals surface area contributed by atoms with E-state index in [4.69, 9.17) is 9.47 Å². The molecule has 1 aliphatic rings. The van der Waals surface area contributed by atoms with Gasteiger partial charge < -0.3 is 25.1 Å². The fraction of sp³-hybridized carbons (Fsp3) is 0.227. The molecule has 1 amide bonds. The normalized spacial score (nSPS) is 12.6. The zero-order valence-corrected chi connectivity index (χ0v) is 18.1. The topological polar surface area (TPSA) is 105 Å². The first-order valence-electron chi connectivity index (χ1n) is 9.71. The van der Waals surface area contributed by atoms with Gasteiger partial charge in [-0.3, -0.25) is 9.59 Å². The molecule has 9 heteroatoms. The number of anilines is 1. The van der Waals surface area contributed by atoms with Gasteiger partial charge in [-0.2, -0.15) is 0 Å². The summed E-state index contributed by atoms with van der Waals surface area (Å²) in [5.74, 6) is 1.34. The van der Waals surface area contributed by atoms with Crippen molar-refractivity contribution < 1.29 is 14.3 Å². The van der Waals surface area contributed by atoms with Gasteiger partial charge in [0.1, 0.15) is 16.3 Å². The van der Waals surface area contributed by atoms with Crippen molar-refractivity contribution in [1.29, 1.82) is 0 Å². The number of rotatable bonds is 7. The number of thiophene rings is 1. The van der Waals surface area contributed by atoms with E-state index in [1.807, 2.05) is 32.0 Å². The van der Waals surface area contributed by atoms with Crippen molar-refractivity contribution in [2.24, 2.45) is 0 Å². The van der Waals surface area contributed by atoms with Crippen LogP contribution in [0.5, 0.6) is 5.75 Å². The molecular weight excluding hydrogens is 416 g/mol. The minimum absolute atomic E-state index is 0.0186. The number of aryl methyl sites for hydroxylation is 1. The van der Waals surface area contributed by atoms with Crippen molar-refractivity contribution >= 4 is 44.6 Å². The molecular formula is C22H22N4O4S. The summed E-state index contributed by atoms with van der Waals surface area (Å²) < 4.78 is 10.9. The number of hydrogen-bond donors (Lipinski definition) is 3. The van der Waals surface area contributed by atoms with Gasteiger partial charge in [0.15, 0.2) is 12.4 Å². The van der Waals surface area contributed by atoms with Crippen LogP contribution in [0.2, 0.25) is 0 Å². The van der Waals surface area contributed by atoms with Crippen LogP contribution in [0.15, 0.2) is 36.2 Å². The van der Waals surface area contributed by atoms with Crippen LogP contribution in [0, 0.1) is 6.92 Å². The third kappa shape index (κ3) is 4.04. The lowest BCUT2D eigenvalue weighted by atomic mass is 10.1. The number of carbonyl (C=O) groups excluding carboxylic acids is 1. The quantitative estimate of drug-likeness (QED) is 0.489. The number of aromatic amines is 1. The molecule has 8 nitrogen and oxygen atoms in total. The molecule has 0 atom stereocenters. The lowest BCUT2D eigenvalue weighted by molar-refractivity contribution is -0.118. The second-order valence-corrected chi connectivity index (χ2v) is 8.01. The Morgan fingerprint density at radius 3 is 2.94 bits per heavy atom. The highest BCUT2D eigenvalue weighted by Gasteiger charge is 2.18. The molecule has 0 radical (unpaired) electrons. The van der Waals surface area contributed by atoms with E-state index in [9.17, 15) is 9.59 Å². The van der Waals surface area contributed by atoms with Gasteiger partial charge in [-0.1, -0.05) is 19.2 Å². The highest BCUT2D eigenvalue weighted by Crippen LogP contribution is 2.32. The standard InChI is InChI=1S/C22H22N4O4S/c1-5-29-13(4)19-11(2)18-21(28)25-20(26-22(18)31-19)12(3)23-9-14-6-7-16-15(8-14)24-17(27)10-30-16/h6-8,23H,3-5,9-10H2,1-2H3,(H,24,27)(H,25,26,28). The van der Waals surface area contributed by atoms with E-state index in [0.29, 0.717) is 52.1 Å². The van der Waals surface area contributed by atoms with Crippen LogP contribution < -0.4 is 20.9 Å². The molecule has 2 aromatic heterocycles. The number of amides is 1. The van der Waals surface area contributed by atoms with Crippen molar-refractivity contribution in [3.8, 4) is 5.75 Å². The molecule has 0 fully saturated rings. The summed E-state index contributed by atoms with van der Waals surface area (Å²) in [5, 5.41) is 6.48. The maximum Gasteiger partial charge on any atom is 0.262 e. The van der Waals surface area contributed by atoms with Crippen LogP contribution in [0.1, 0.15) is 28.8 Å². The average molecular weight is 439 g/mol. The van der Waals surface area contributed by atoms with Gasteiger partial charge in [-0.15, -0.1) is 11.3 Å². The Labute approximate surface area is 182 Å². The first kappa shape index (κ1) is 20.7. The number of benzene rings is 1. The monoisotopic (exact) mass is 438 g/mol. The van der Waals surface area contributed by atoms with Gasteiger partial charge in [0.2, 0.25) is 0 Å². The van der Waals surface area contributed by atoms with Gasteiger partial charge in [-0.25, -0.2) is 4.98 Å². The molecule has 3 N–H and O–H groups in total. The second kappa shape index (κ2) is 8.27. The first-order chi connectivity index (χ1) is 14.9. The number of carbonyl (C=O) groups is 1. The molecule has 3 aromatic rings. The maximum atomic E-state index is 12.7. The summed E-state index contributed by atoms with van der Waals surface area (Å²) >= 11 is 1.37. The Bertz CT molecular complexity index is 1270. The van der Waals surface area contributed by atoms with Crippen molar-refractivity contribution in [2.75, 3.05) is 18.5 Å². The van der Waals surface area contributed by atoms with Crippen LogP contribution >= 0.6 is 11.3 Å². The lowest BCUT2D eigenvalue weighted by Crippen LogP contribution is -2.25. The third-order valence-corrected chi connectivity index (χ3v) is 6.07. The van der Waals surface area contributed by atoms with Gasteiger partial charge in [-0.05, 0) is 37.1 Å². The molecule has 0 spiro atoms. The van der Waals surface area contributed by atoms with E-state index >= 15 is 0 Å². The summed E-state index contributed by atoms with van der Waals surface area (Å²) in [7, 11) is 0. The van der Waals surface area contributed by atoms with Crippen LogP contribution in [0.4, 0.5) is 5.69 Å². The van der Waals surface area contributed by atoms with Gasteiger partial charge in [0.25, 0.3) is 11.5 Å². The fourth-order valence-corrected chi connectivity index (χ4v) is 4.43. The first-order valence-corrected chi connectivity index (χ1v) is 10.5. The van der Waals surface area contributed by atoms with E-state index < -0.39 is 0 Å². The molecule has 1 aliphatic heterocycles. The zero-order chi connectivity index (χ0) is 22.1. The Balaban J connectivity index is 1.54. The van der Waals surface area contributed by atoms with E-state index in [-0.39, 0.29) is 18.1 Å². The zero-order valence-electron chi connectivity index (χ0n) is 17.3. The molecule has 0 aliphatic carbocycles. The number of H-pyrrole nitrogens is 1. The minimum atomic E-state index is -0.235. The molecule has 3 heterocycles. The molecule has 0 bridgehead atoms. The highest BCUT2D eigenvalue weighted by atomic mass is 32.1. The summed E-state index contributed by atoms with van der Waals surface area (Å²) in [5.41, 5.74) is 2.59. The summed E-state index contributed by atoms with van der Waals surface area (Å²) in [4.78, 5) is 33.0. The van der Waals surface area contributed by atoms with E-state index in [1.54, 1.807) is 0 Å². The summed E-state index contributed by atoms with van der Waals surface area (Å²) in [6.07, 6.45) is 0. The number of hydrogen-bond acceptors (Lipinski definition) is 7. The summed E-state index contributed by atoms with van der Waals surface area (Å²) in [6.45, 7) is 12.6. The fourth-order valence-electron chi connectivity index (χ4n) is 3.33. The predicted octanol–water partition coefficient (Wildman–Crippen LogP) is 3.39. The lowest BCUT2D eigenvalue weighted by Gasteiger charge is -2.18. The number of ether oxygens (including phenoxy) is 2. The number of nitrogens with one attached hydrogen (secondary N) is 3. The van der Waals surface area contributed by atoms with Crippen LogP contribution in [-0.4, -0.2) is 29.1 Å². The Morgan fingerprint density at radius 2 is 2.16 bits per heavy atom. The Hall–Kier alpha value is -3.59. The molecule has 0 saturated heterocycles. The number of aromatic nitrogens is 2. The maximum absolute atomic E-state index is 12.7. The SMILES string of the molecule is C=C(NCc1ccc2c(c1)NC(=O)CO2)c1nc2sc(C(=C)OCC)c(C)c2c(=O)[nH]1. The third-order valence-electron chi connectivity index (χ3n) is 4.84. The predicted molar refractivity (Wildman–Crippen MR) is 122 cm³/mol. The molecule has 0 saturated carbocycles. The van der Waals surface area contributed by atoms with Gasteiger partial charge >= 0.3 is 0 Å². The van der Waals surface area contributed by atoms with E-state index in [2.05, 4.69) is 33.8 Å². The minimum Gasteiger partial charge on any atom is -0.493 e. The highest BCUT2D eigenvalue weighted by molar-refractivity contribution is 7.19. The molecule has 160 valence electrons. The van der Waals surface area contributed by atoms with Gasteiger partial charge in [0, 0.05) is 6.54 Å². The average Bonchev–Trinajstić information content (AvgIpc) is 3.08. The van der Waals surface area contributed by atoms with Crippen molar-refractivity contribution in [3.05, 3.63) is 63.5 Å². The Kier molecular flexibility index (Phi) is 5.51. The second-order valence-electron chi connectivity index (χ2n) is 7.01. The molecule has 1 aromatic carbocycles. The van der Waals surface area contributed by atoms with Crippen molar-refractivity contribution in [1.82, 2.24) is 15.3 Å². The van der Waals surface area contributed by atoms with Crippen molar-refractivity contribution in [3.63, 3.8) is 0 Å². The largest absolute Gasteiger partial charge is 0.493 e. The van der Waals surface area contributed by atoms with Crippen LogP contribution in [-0.2, 0) is 16.1 Å². The molecule has 4 rings (SSSR count). The molecule has 0 unspecified atom stereocenters. The van der Waals surface area contributed by atoms with E-state index in [1.165, 1.54) is 11.3 Å². The summed E-state index contributed by atoms with van der Waals surface area (Å²) in [6, 6.07) is 5.53. The van der Waals surface area contributed by atoms with Crippen molar-refractivity contribution in [2.45, 2.75) is 20.4 Å². The van der Waals surface area contributed by atoms with E-state index in [0.717, 1.165) is 16.0 Å². The number of fused-ring (bicyclic) bond motifs is 2. The Morgan fingerprint density at radius 1 is 1.35 bits per heavy atom. The van der Waals surface area contributed by atoms with Crippen LogP contribution in [0.3, 0.4) is 0 Å². The smallest absolute Gasteiger partial charge is 0.262 e. The van der Waals surface area contributed by atoms with Gasteiger partial charge in [0.05, 0.1) is 28.3 Å². The van der Waals surface area contributed by atoms with Crippen LogP contribution in [0.25, 0.3) is 21.7 Å². The number of nitrogens with zero attached hydrogens (tertiary/aromatic N) is 1.